The number of carbonyl (C=O) groups excluding carboxylic acids is 1. The average molecular weight is 318 g/mol. The van der Waals surface area contributed by atoms with E-state index < -0.39 is 0 Å². The molecule has 0 radical (unpaired) electrons. The van der Waals surface area contributed by atoms with Gasteiger partial charge in [0.15, 0.2) is 11.5 Å². The molecule has 2 N–H and O–H groups in total. The number of nitrogens with one attached hydrogen (secondary N) is 2. The summed E-state index contributed by atoms with van der Waals surface area (Å²) in [5.41, 5.74) is 1.14. The summed E-state index contributed by atoms with van der Waals surface area (Å²) in [6, 6.07) is 6.22. The molecular formula is C18H26N2O3. The van der Waals surface area contributed by atoms with Crippen LogP contribution in [0.1, 0.15) is 38.2 Å². The fraction of sp³-hybridized carbons (Fsp3) is 0.611. The number of urea groups is 1. The van der Waals surface area contributed by atoms with Crippen LogP contribution in [0.25, 0.3) is 0 Å². The Bertz CT molecular complexity index is 547. The van der Waals surface area contributed by atoms with Gasteiger partial charge in [0.1, 0.15) is 13.2 Å². The van der Waals surface area contributed by atoms with Gasteiger partial charge < -0.3 is 20.1 Å². The van der Waals surface area contributed by atoms with Crippen molar-refractivity contribution in [3.8, 4) is 11.5 Å². The summed E-state index contributed by atoms with van der Waals surface area (Å²) in [7, 11) is 0. The van der Waals surface area contributed by atoms with Crippen molar-refractivity contribution >= 4 is 6.03 Å². The normalized spacial score (nSPS) is 23.2. The first-order valence-corrected chi connectivity index (χ1v) is 8.65. The molecule has 1 fully saturated rings. The maximum Gasteiger partial charge on any atom is 0.315 e. The monoisotopic (exact) mass is 318 g/mol. The van der Waals surface area contributed by atoms with Crippen molar-refractivity contribution in [2.24, 2.45) is 5.92 Å². The van der Waals surface area contributed by atoms with Gasteiger partial charge >= 0.3 is 6.03 Å². The van der Waals surface area contributed by atoms with Crippen LogP contribution in [0.2, 0.25) is 0 Å². The molecule has 0 unspecified atom stereocenters. The van der Waals surface area contributed by atoms with Crippen LogP contribution in [0, 0.1) is 5.92 Å². The van der Waals surface area contributed by atoms with Crippen molar-refractivity contribution < 1.29 is 14.3 Å². The van der Waals surface area contributed by atoms with Crippen LogP contribution in [-0.4, -0.2) is 31.8 Å². The Hall–Kier alpha value is -1.91. The van der Waals surface area contributed by atoms with E-state index in [1.54, 1.807) is 0 Å². The summed E-state index contributed by atoms with van der Waals surface area (Å²) in [5, 5.41) is 6.07. The Morgan fingerprint density at radius 3 is 2.78 bits per heavy atom. The van der Waals surface area contributed by atoms with E-state index in [4.69, 9.17) is 9.47 Å². The second-order valence-corrected chi connectivity index (χ2v) is 6.50. The van der Waals surface area contributed by atoms with Crippen LogP contribution in [0.15, 0.2) is 18.2 Å². The highest BCUT2D eigenvalue weighted by Crippen LogP contribution is 2.30. The second-order valence-electron chi connectivity index (χ2n) is 6.50. The van der Waals surface area contributed by atoms with Crippen LogP contribution in [0.4, 0.5) is 4.79 Å². The molecule has 5 nitrogen and oxygen atoms in total. The van der Waals surface area contributed by atoms with Crippen LogP contribution in [-0.2, 0) is 6.42 Å². The van der Waals surface area contributed by atoms with Crippen molar-refractivity contribution in [3.63, 3.8) is 0 Å². The fourth-order valence-corrected chi connectivity index (χ4v) is 3.31. The van der Waals surface area contributed by atoms with Gasteiger partial charge in [-0.15, -0.1) is 0 Å². The van der Waals surface area contributed by atoms with Gasteiger partial charge in [-0.1, -0.05) is 25.8 Å². The summed E-state index contributed by atoms with van der Waals surface area (Å²) in [6.45, 7) is 4.04. The molecule has 5 heteroatoms. The summed E-state index contributed by atoms with van der Waals surface area (Å²) in [6.07, 6.45) is 5.58. The van der Waals surface area contributed by atoms with Gasteiger partial charge in [-0.2, -0.15) is 0 Å². The van der Waals surface area contributed by atoms with Gasteiger partial charge in [0.2, 0.25) is 0 Å². The Morgan fingerprint density at radius 2 is 1.96 bits per heavy atom. The van der Waals surface area contributed by atoms with Crippen molar-refractivity contribution in [3.05, 3.63) is 23.8 Å². The predicted molar refractivity (Wildman–Crippen MR) is 89.1 cm³/mol. The smallest absolute Gasteiger partial charge is 0.315 e. The molecule has 1 aromatic carbocycles. The lowest BCUT2D eigenvalue weighted by Crippen LogP contribution is -2.46. The van der Waals surface area contributed by atoms with Gasteiger partial charge in [0, 0.05) is 12.6 Å². The first-order chi connectivity index (χ1) is 11.2. The minimum Gasteiger partial charge on any atom is -0.486 e. The zero-order valence-corrected chi connectivity index (χ0v) is 13.8. The molecule has 126 valence electrons. The summed E-state index contributed by atoms with van der Waals surface area (Å²) in [4.78, 5) is 12.0. The lowest BCUT2D eigenvalue weighted by atomic mass is 9.86. The lowest BCUT2D eigenvalue weighted by Gasteiger charge is -2.29. The molecule has 1 aliphatic heterocycles. The Kier molecular flexibility index (Phi) is 5.26. The van der Waals surface area contributed by atoms with E-state index in [1.807, 2.05) is 18.2 Å². The third kappa shape index (κ3) is 4.30. The zero-order chi connectivity index (χ0) is 16.1. The van der Waals surface area contributed by atoms with Gasteiger partial charge in [-0.05, 0) is 42.9 Å². The molecule has 1 saturated carbocycles. The molecule has 0 bridgehead atoms. The average Bonchev–Trinajstić information content (AvgIpc) is 2.57. The van der Waals surface area contributed by atoms with Crippen LogP contribution in [0.3, 0.4) is 0 Å². The van der Waals surface area contributed by atoms with E-state index in [-0.39, 0.29) is 6.03 Å². The minimum atomic E-state index is -0.0544. The van der Waals surface area contributed by atoms with E-state index in [0.29, 0.717) is 31.7 Å². The fourth-order valence-electron chi connectivity index (χ4n) is 3.31. The third-order valence-electron chi connectivity index (χ3n) is 4.73. The number of carbonyl (C=O) groups is 1. The molecule has 1 aliphatic carbocycles. The van der Waals surface area contributed by atoms with E-state index >= 15 is 0 Å². The number of hydrogen-bond donors (Lipinski definition) is 2. The minimum absolute atomic E-state index is 0.0544. The first-order valence-electron chi connectivity index (χ1n) is 8.65. The molecule has 2 atom stereocenters. The Labute approximate surface area is 137 Å². The zero-order valence-electron chi connectivity index (χ0n) is 13.8. The summed E-state index contributed by atoms with van der Waals surface area (Å²) < 4.78 is 11.1. The third-order valence-corrected chi connectivity index (χ3v) is 4.73. The molecule has 3 rings (SSSR count). The van der Waals surface area contributed by atoms with Gasteiger partial charge in [-0.25, -0.2) is 4.79 Å². The van der Waals surface area contributed by atoms with Crippen molar-refractivity contribution in [2.45, 2.75) is 45.1 Å². The molecular weight excluding hydrogens is 292 g/mol. The first kappa shape index (κ1) is 16.0. The quantitative estimate of drug-likeness (QED) is 0.897. The number of benzene rings is 1. The molecule has 1 aromatic rings. The standard InChI is InChI=1S/C18H26N2O3/c1-13-4-2-3-5-15(13)20-18(21)19-9-8-14-6-7-16-17(12-14)23-11-10-22-16/h6-7,12-13,15H,2-5,8-11H2,1H3,(H2,19,20,21)/t13-,15+/m0/s1. The van der Waals surface area contributed by atoms with E-state index in [9.17, 15) is 4.79 Å². The number of ether oxygens (including phenoxy) is 2. The highest BCUT2D eigenvalue weighted by atomic mass is 16.6. The Morgan fingerprint density at radius 1 is 1.17 bits per heavy atom. The molecule has 0 spiro atoms. The highest BCUT2D eigenvalue weighted by molar-refractivity contribution is 5.74. The van der Waals surface area contributed by atoms with Crippen LogP contribution in [0.5, 0.6) is 11.5 Å². The lowest BCUT2D eigenvalue weighted by molar-refractivity contribution is 0.171. The van der Waals surface area contributed by atoms with Crippen LogP contribution < -0.4 is 20.1 Å². The predicted octanol–water partition coefficient (Wildman–Crippen LogP) is 2.88. The molecule has 0 saturated heterocycles. The topological polar surface area (TPSA) is 59.6 Å². The highest BCUT2D eigenvalue weighted by Gasteiger charge is 2.22. The van der Waals surface area contributed by atoms with Crippen molar-refractivity contribution in [1.82, 2.24) is 10.6 Å². The molecule has 23 heavy (non-hydrogen) atoms. The van der Waals surface area contributed by atoms with E-state index in [0.717, 1.165) is 29.9 Å². The molecule has 1 heterocycles. The Balaban J connectivity index is 1.43. The molecule has 0 aromatic heterocycles. The van der Waals surface area contributed by atoms with Gasteiger partial charge in [0.25, 0.3) is 0 Å². The van der Waals surface area contributed by atoms with Gasteiger partial charge in [0.05, 0.1) is 0 Å². The number of rotatable bonds is 4. The largest absolute Gasteiger partial charge is 0.486 e. The number of hydrogen-bond acceptors (Lipinski definition) is 3. The van der Waals surface area contributed by atoms with Crippen LogP contribution >= 0.6 is 0 Å². The molecule has 2 amide bonds. The molecule has 2 aliphatic rings. The maximum atomic E-state index is 12.0. The number of amides is 2. The van der Waals surface area contributed by atoms with E-state index in [1.165, 1.54) is 19.3 Å². The summed E-state index contributed by atoms with van der Waals surface area (Å²) in [5.74, 6) is 2.18. The maximum absolute atomic E-state index is 12.0. The SMILES string of the molecule is C[C@H]1CCCC[C@H]1NC(=O)NCCc1ccc2c(c1)OCCO2. The second kappa shape index (κ2) is 7.57. The van der Waals surface area contributed by atoms with E-state index in [2.05, 4.69) is 17.6 Å². The number of fused-ring (bicyclic) bond motifs is 1. The van der Waals surface area contributed by atoms with Crippen molar-refractivity contribution in [1.29, 1.82) is 0 Å². The summed E-state index contributed by atoms with van der Waals surface area (Å²) >= 11 is 0. The van der Waals surface area contributed by atoms with Crippen molar-refractivity contribution in [2.75, 3.05) is 19.8 Å². The van der Waals surface area contributed by atoms with Gasteiger partial charge in [-0.3, -0.25) is 0 Å².